The van der Waals surface area contributed by atoms with Crippen molar-refractivity contribution < 1.29 is 22.7 Å². The van der Waals surface area contributed by atoms with Gasteiger partial charge >= 0.3 is 6.18 Å². The molecule has 4 nitrogen and oxygen atoms in total. The molecule has 0 bridgehead atoms. The maximum atomic E-state index is 12.6. The van der Waals surface area contributed by atoms with Gasteiger partial charge in [-0.25, -0.2) is 0 Å². The molecule has 1 aromatic rings. The van der Waals surface area contributed by atoms with Crippen molar-refractivity contribution in [3.63, 3.8) is 0 Å². The number of alkyl halides is 3. The number of carbonyl (C=O) groups is 1. The minimum Gasteiger partial charge on any atom is -0.484 e. The summed E-state index contributed by atoms with van der Waals surface area (Å²) in [5.41, 5.74) is 2.17. The Morgan fingerprint density at radius 3 is 2.46 bits per heavy atom. The number of piperidine rings is 1. The SMILES string of the molecule is Cc1cc(CN(C)C(=O)[C@H]2CCN[C@@H](C)C2)cc(C)c1OCC(F)(F)F. The molecule has 1 aliphatic rings. The fraction of sp³-hybridized carbons (Fsp3) is 0.632. The molecule has 1 aromatic carbocycles. The van der Waals surface area contributed by atoms with Gasteiger partial charge in [0.1, 0.15) is 5.75 Å². The van der Waals surface area contributed by atoms with E-state index in [1.807, 2.05) is 0 Å². The number of rotatable bonds is 5. The van der Waals surface area contributed by atoms with Gasteiger partial charge in [0.2, 0.25) is 5.91 Å². The van der Waals surface area contributed by atoms with Gasteiger partial charge in [-0.05, 0) is 56.8 Å². The maximum Gasteiger partial charge on any atom is 0.422 e. The summed E-state index contributed by atoms with van der Waals surface area (Å²) in [6.07, 6.45) is -2.71. The summed E-state index contributed by atoms with van der Waals surface area (Å²) in [7, 11) is 1.77. The zero-order valence-electron chi connectivity index (χ0n) is 15.7. The lowest BCUT2D eigenvalue weighted by molar-refractivity contribution is -0.153. The van der Waals surface area contributed by atoms with Crippen LogP contribution in [0.25, 0.3) is 0 Å². The minimum atomic E-state index is -4.36. The topological polar surface area (TPSA) is 41.6 Å². The van der Waals surface area contributed by atoms with Gasteiger partial charge < -0.3 is 15.0 Å². The lowest BCUT2D eigenvalue weighted by Crippen LogP contribution is -2.42. The van der Waals surface area contributed by atoms with Crippen molar-refractivity contribution in [3.8, 4) is 5.75 Å². The first-order chi connectivity index (χ1) is 12.1. The van der Waals surface area contributed by atoms with Crippen LogP contribution < -0.4 is 10.1 Å². The number of ether oxygens (including phenoxy) is 1. The minimum absolute atomic E-state index is 0.0211. The molecule has 0 spiro atoms. The molecule has 0 aromatic heterocycles. The van der Waals surface area contributed by atoms with Gasteiger partial charge in [-0.3, -0.25) is 4.79 Å². The van der Waals surface area contributed by atoms with Crippen molar-refractivity contribution in [1.29, 1.82) is 0 Å². The second kappa shape index (κ2) is 8.29. The van der Waals surface area contributed by atoms with Crippen LogP contribution in [0.4, 0.5) is 13.2 Å². The standard InChI is InChI=1S/C19H27F3N2O2/c1-12-7-15(8-13(2)17(12)26-11-19(20,21)22)10-24(4)18(25)16-5-6-23-14(3)9-16/h7-8,14,16,23H,5-6,9-11H2,1-4H3/t14-,16-/m0/s1. The summed E-state index contributed by atoms with van der Waals surface area (Å²) >= 11 is 0. The normalized spacial score (nSPS) is 20.7. The Hall–Kier alpha value is -1.76. The summed E-state index contributed by atoms with van der Waals surface area (Å²) in [5.74, 6) is 0.395. The maximum absolute atomic E-state index is 12.6. The molecular weight excluding hydrogens is 345 g/mol. The van der Waals surface area contributed by atoms with E-state index in [1.165, 1.54) is 0 Å². The molecule has 1 heterocycles. The van der Waals surface area contributed by atoms with Gasteiger partial charge in [-0.1, -0.05) is 12.1 Å². The first-order valence-corrected chi connectivity index (χ1v) is 8.85. The summed E-state index contributed by atoms with van der Waals surface area (Å²) in [6, 6.07) is 3.90. The van der Waals surface area contributed by atoms with E-state index in [0.29, 0.717) is 23.7 Å². The van der Waals surface area contributed by atoms with Gasteiger partial charge in [-0.15, -0.1) is 0 Å². The predicted octanol–water partition coefficient (Wildman–Crippen LogP) is 3.59. The number of nitrogens with one attached hydrogen (secondary N) is 1. The van der Waals surface area contributed by atoms with E-state index in [1.54, 1.807) is 37.9 Å². The Morgan fingerprint density at radius 1 is 1.31 bits per heavy atom. The van der Waals surface area contributed by atoms with Crippen molar-refractivity contribution in [2.45, 2.75) is 52.4 Å². The Labute approximate surface area is 152 Å². The number of hydrogen-bond acceptors (Lipinski definition) is 3. The van der Waals surface area contributed by atoms with Crippen molar-refractivity contribution in [2.24, 2.45) is 5.92 Å². The molecule has 0 saturated carbocycles. The summed E-state index contributed by atoms with van der Waals surface area (Å²) in [4.78, 5) is 14.3. The summed E-state index contributed by atoms with van der Waals surface area (Å²) in [6.45, 7) is 5.48. The first-order valence-electron chi connectivity index (χ1n) is 8.85. The highest BCUT2D eigenvalue weighted by molar-refractivity contribution is 5.78. The molecule has 0 unspecified atom stereocenters. The summed E-state index contributed by atoms with van der Waals surface area (Å²) < 4.78 is 42.1. The Bertz CT molecular complexity index is 623. The van der Waals surface area contributed by atoms with Crippen LogP contribution in [0.2, 0.25) is 0 Å². The number of nitrogens with zero attached hydrogens (tertiary/aromatic N) is 1. The van der Waals surface area contributed by atoms with E-state index in [4.69, 9.17) is 4.74 Å². The van der Waals surface area contributed by atoms with Gasteiger partial charge in [0.25, 0.3) is 0 Å². The molecular formula is C19H27F3N2O2. The number of amides is 1. The molecule has 1 amide bonds. The van der Waals surface area contributed by atoms with E-state index in [-0.39, 0.29) is 17.6 Å². The number of aryl methyl sites for hydroxylation is 2. The van der Waals surface area contributed by atoms with Crippen molar-refractivity contribution >= 4 is 5.91 Å². The van der Waals surface area contributed by atoms with Crippen molar-refractivity contribution in [2.75, 3.05) is 20.2 Å². The number of hydrogen-bond donors (Lipinski definition) is 1. The second-order valence-electron chi connectivity index (χ2n) is 7.23. The Morgan fingerprint density at radius 2 is 1.92 bits per heavy atom. The largest absolute Gasteiger partial charge is 0.484 e. The molecule has 26 heavy (non-hydrogen) atoms. The van der Waals surface area contributed by atoms with Gasteiger partial charge in [-0.2, -0.15) is 13.2 Å². The molecule has 1 N–H and O–H groups in total. The van der Waals surface area contributed by atoms with Crippen LogP contribution in [-0.4, -0.2) is 43.2 Å². The number of carbonyl (C=O) groups excluding carboxylic acids is 1. The van der Waals surface area contributed by atoms with Crippen LogP contribution in [-0.2, 0) is 11.3 Å². The molecule has 146 valence electrons. The van der Waals surface area contributed by atoms with E-state index in [2.05, 4.69) is 12.2 Å². The highest BCUT2D eigenvalue weighted by Gasteiger charge is 2.29. The van der Waals surface area contributed by atoms with Crippen molar-refractivity contribution in [3.05, 3.63) is 28.8 Å². The predicted molar refractivity (Wildman–Crippen MR) is 94.1 cm³/mol. The summed E-state index contributed by atoms with van der Waals surface area (Å²) in [5, 5.41) is 3.33. The average molecular weight is 372 g/mol. The lowest BCUT2D eigenvalue weighted by Gasteiger charge is -2.30. The zero-order chi connectivity index (χ0) is 19.5. The Balaban J connectivity index is 2.03. The molecule has 1 fully saturated rings. The Kier molecular flexibility index (Phi) is 6.55. The lowest BCUT2D eigenvalue weighted by atomic mass is 9.92. The van der Waals surface area contributed by atoms with Crippen LogP contribution in [0.5, 0.6) is 5.75 Å². The monoisotopic (exact) mass is 372 g/mol. The number of halogens is 3. The van der Waals surface area contributed by atoms with E-state index >= 15 is 0 Å². The van der Waals surface area contributed by atoms with Gasteiger partial charge in [0.15, 0.2) is 6.61 Å². The van der Waals surface area contributed by atoms with Gasteiger partial charge in [0.05, 0.1) is 0 Å². The molecule has 0 aliphatic carbocycles. The van der Waals surface area contributed by atoms with Crippen molar-refractivity contribution in [1.82, 2.24) is 10.2 Å². The van der Waals surface area contributed by atoms with E-state index in [9.17, 15) is 18.0 Å². The zero-order valence-corrected chi connectivity index (χ0v) is 15.7. The van der Waals surface area contributed by atoms with Crippen LogP contribution in [0.1, 0.15) is 36.5 Å². The third-order valence-electron chi connectivity index (χ3n) is 4.67. The van der Waals surface area contributed by atoms with E-state index in [0.717, 1.165) is 24.9 Å². The van der Waals surface area contributed by atoms with Gasteiger partial charge in [0, 0.05) is 25.6 Å². The third kappa shape index (κ3) is 5.62. The van der Waals surface area contributed by atoms with Crippen LogP contribution in [0.3, 0.4) is 0 Å². The van der Waals surface area contributed by atoms with Crippen LogP contribution in [0.15, 0.2) is 12.1 Å². The molecule has 1 aliphatic heterocycles. The molecule has 7 heteroatoms. The molecule has 2 rings (SSSR count). The quantitative estimate of drug-likeness (QED) is 0.859. The average Bonchev–Trinajstić information content (AvgIpc) is 2.52. The smallest absolute Gasteiger partial charge is 0.422 e. The highest BCUT2D eigenvalue weighted by Crippen LogP contribution is 2.28. The highest BCUT2D eigenvalue weighted by atomic mass is 19.4. The van der Waals surface area contributed by atoms with Crippen LogP contribution >= 0.6 is 0 Å². The first kappa shape index (κ1) is 20.6. The number of benzene rings is 1. The second-order valence-corrected chi connectivity index (χ2v) is 7.23. The third-order valence-corrected chi connectivity index (χ3v) is 4.67. The fourth-order valence-electron chi connectivity index (χ4n) is 3.53. The fourth-order valence-corrected chi connectivity index (χ4v) is 3.53. The molecule has 2 atom stereocenters. The van der Waals surface area contributed by atoms with Crippen LogP contribution in [0, 0.1) is 19.8 Å². The van der Waals surface area contributed by atoms with E-state index < -0.39 is 12.8 Å². The molecule has 0 radical (unpaired) electrons. The molecule has 1 saturated heterocycles.